The van der Waals surface area contributed by atoms with E-state index in [9.17, 15) is 8.42 Å². The minimum Gasteiger partial charge on any atom is -0.395 e. The maximum Gasteiger partial charge on any atom is 0.217 e. The highest BCUT2D eigenvalue weighted by Gasteiger charge is 2.39. The van der Waals surface area contributed by atoms with Crippen LogP contribution in [0.5, 0.6) is 0 Å². The van der Waals surface area contributed by atoms with Crippen LogP contribution in [0.4, 0.5) is 0 Å². The number of hydrogen-bond acceptors (Lipinski definition) is 3. The van der Waals surface area contributed by atoms with Crippen LogP contribution in [0.3, 0.4) is 0 Å². The van der Waals surface area contributed by atoms with Gasteiger partial charge < -0.3 is 5.11 Å². The molecule has 0 aromatic rings. The Morgan fingerprint density at radius 2 is 2.00 bits per heavy atom. The highest BCUT2D eigenvalue weighted by Crippen LogP contribution is 2.30. The summed E-state index contributed by atoms with van der Waals surface area (Å²) in [5.41, 5.74) is 0. The largest absolute Gasteiger partial charge is 0.395 e. The van der Waals surface area contributed by atoms with Crippen molar-refractivity contribution < 1.29 is 13.5 Å². The molecule has 14 heavy (non-hydrogen) atoms. The summed E-state index contributed by atoms with van der Waals surface area (Å²) in [4.78, 5) is 0. The molecule has 0 saturated heterocycles. The van der Waals surface area contributed by atoms with Crippen molar-refractivity contribution in [3.63, 3.8) is 0 Å². The summed E-state index contributed by atoms with van der Waals surface area (Å²) in [5.74, 6) is 0. The fraction of sp³-hybridized carbons (Fsp3) is 1.00. The first-order chi connectivity index (χ1) is 6.62. The summed E-state index contributed by atoms with van der Waals surface area (Å²) < 4.78 is 25.0. The van der Waals surface area contributed by atoms with Crippen molar-refractivity contribution in [1.29, 1.82) is 0 Å². The van der Waals surface area contributed by atoms with Crippen molar-refractivity contribution in [2.24, 2.45) is 0 Å². The highest BCUT2D eigenvalue weighted by atomic mass is 32.2. The first-order valence-electron chi connectivity index (χ1n) is 5.22. The van der Waals surface area contributed by atoms with Crippen molar-refractivity contribution in [3.05, 3.63) is 0 Å². The van der Waals surface area contributed by atoms with Gasteiger partial charge in [0, 0.05) is 13.1 Å². The number of aliphatic hydroxyl groups is 1. The predicted molar refractivity (Wildman–Crippen MR) is 55.5 cm³/mol. The van der Waals surface area contributed by atoms with Crippen LogP contribution in [-0.4, -0.2) is 42.8 Å². The molecule has 1 fully saturated rings. The number of unbranched alkanes of at least 4 members (excludes halogenated alkanes) is 1. The van der Waals surface area contributed by atoms with E-state index in [1.54, 1.807) is 0 Å². The second-order valence-electron chi connectivity index (χ2n) is 3.72. The van der Waals surface area contributed by atoms with Gasteiger partial charge in [-0.2, -0.15) is 4.31 Å². The Morgan fingerprint density at radius 3 is 2.43 bits per heavy atom. The van der Waals surface area contributed by atoms with Crippen LogP contribution in [0.25, 0.3) is 0 Å². The molecule has 0 unspecified atom stereocenters. The van der Waals surface area contributed by atoms with E-state index in [1.165, 1.54) is 4.31 Å². The molecule has 4 nitrogen and oxygen atoms in total. The molecule has 0 bridgehead atoms. The van der Waals surface area contributed by atoms with Gasteiger partial charge in [0.15, 0.2) is 0 Å². The van der Waals surface area contributed by atoms with Crippen molar-refractivity contribution in [1.82, 2.24) is 4.31 Å². The molecule has 0 aromatic heterocycles. The molecule has 0 amide bonds. The van der Waals surface area contributed by atoms with Crippen molar-refractivity contribution in [3.8, 4) is 0 Å². The smallest absolute Gasteiger partial charge is 0.217 e. The Bertz CT molecular complexity index is 259. The molecule has 1 N–H and O–H groups in total. The molecular weight excluding hydrogens is 202 g/mol. The maximum absolute atomic E-state index is 11.8. The zero-order chi connectivity index (χ0) is 10.6. The van der Waals surface area contributed by atoms with Gasteiger partial charge in [0.05, 0.1) is 11.9 Å². The van der Waals surface area contributed by atoms with E-state index in [0.717, 1.165) is 25.7 Å². The third-order valence-corrected chi connectivity index (χ3v) is 4.81. The van der Waals surface area contributed by atoms with Gasteiger partial charge in [-0.15, -0.1) is 0 Å². The fourth-order valence-electron chi connectivity index (χ4n) is 1.39. The Balaban J connectivity index is 2.55. The summed E-state index contributed by atoms with van der Waals surface area (Å²) in [6, 6.07) is 0. The quantitative estimate of drug-likeness (QED) is 0.684. The van der Waals surface area contributed by atoms with Gasteiger partial charge in [-0.3, -0.25) is 0 Å². The average Bonchev–Trinajstić information content (AvgIpc) is 2.94. The first kappa shape index (κ1) is 11.9. The van der Waals surface area contributed by atoms with Crippen molar-refractivity contribution in [2.75, 3.05) is 19.7 Å². The lowest BCUT2D eigenvalue weighted by Gasteiger charge is -2.20. The second-order valence-corrected chi connectivity index (χ2v) is 5.93. The Hall–Kier alpha value is -0.130. The van der Waals surface area contributed by atoms with E-state index >= 15 is 0 Å². The summed E-state index contributed by atoms with van der Waals surface area (Å²) in [6.07, 6.45) is 3.42. The van der Waals surface area contributed by atoms with Crippen LogP contribution < -0.4 is 0 Å². The Labute approximate surface area is 86.0 Å². The van der Waals surface area contributed by atoms with Gasteiger partial charge in [0.1, 0.15) is 0 Å². The van der Waals surface area contributed by atoms with Gasteiger partial charge in [-0.05, 0) is 19.3 Å². The monoisotopic (exact) mass is 221 g/mol. The lowest BCUT2D eigenvalue weighted by molar-refractivity contribution is 0.252. The molecule has 5 heteroatoms. The zero-order valence-corrected chi connectivity index (χ0v) is 9.46. The normalized spacial score (nSPS) is 17.6. The molecule has 0 heterocycles. The van der Waals surface area contributed by atoms with E-state index in [4.69, 9.17) is 5.11 Å². The highest BCUT2D eigenvalue weighted by molar-refractivity contribution is 7.90. The molecule has 84 valence electrons. The van der Waals surface area contributed by atoms with Crippen molar-refractivity contribution in [2.45, 2.75) is 37.9 Å². The number of aliphatic hydroxyl groups excluding tert-OH is 1. The van der Waals surface area contributed by atoms with E-state index < -0.39 is 10.0 Å². The maximum atomic E-state index is 11.8. The second kappa shape index (κ2) is 5.09. The molecule has 1 saturated carbocycles. The van der Waals surface area contributed by atoms with Crippen LogP contribution in [-0.2, 0) is 10.0 Å². The minimum atomic E-state index is -3.09. The molecule has 0 atom stereocenters. The molecule has 0 spiro atoms. The van der Waals surface area contributed by atoms with Gasteiger partial charge in [-0.1, -0.05) is 13.3 Å². The number of hydrogen-bond donors (Lipinski definition) is 1. The van der Waals surface area contributed by atoms with Crippen LogP contribution in [0.1, 0.15) is 32.6 Å². The number of nitrogens with zero attached hydrogens (tertiary/aromatic N) is 1. The summed E-state index contributed by atoms with van der Waals surface area (Å²) in [5, 5.41) is 8.63. The van der Waals surface area contributed by atoms with Gasteiger partial charge >= 0.3 is 0 Å². The first-order valence-corrected chi connectivity index (χ1v) is 6.73. The lowest BCUT2D eigenvalue weighted by atomic mass is 10.3. The van der Waals surface area contributed by atoms with Crippen LogP contribution in [0.15, 0.2) is 0 Å². The zero-order valence-electron chi connectivity index (χ0n) is 8.65. The van der Waals surface area contributed by atoms with E-state index in [1.807, 2.05) is 6.92 Å². The summed E-state index contributed by atoms with van der Waals surface area (Å²) in [6.45, 7) is 2.74. The average molecular weight is 221 g/mol. The lowest BCUT2D eigenvalue weighted by Crippen LogP contribution is -2.36. The van der Waals surface area contributed by atoms with Crippen LogP contribution >= 0.6 is 0 Å². The summed E-state index contributed by atoms with van der Waals surface area (Å²) in [7, 11) is -3.09. The summed E-state index contributed by atoms with van der Waals surface area (Å²) >= 11 is 0. The van der Waals surface area contributed by atoms with Gasteiger partial charge in [0.25, 0.3) is 0 Å². The van der Waals surface area contributed by atoms with Crippen LogP contribution in [0.2, 0.25) is 0 Å². The van der Waals surface area contributed by atoms with E-state index in [0.29, 0.717) is 6.54 Å². The topological polar surface area (TPSA) is 57.6 Å². The van der Waals surface area contributed by atoms with Crippen molar-refractivity contribution >= 4 is 10.0 Å². The Morgan fingerprint density at radius 1 is 1.36 bits per heavy atom. The number of sulfonamides is 1. The predicted octanol–water partition coefficient (Wildman–Crippen LogP) is 0.573. The minimum absolute atomic E-state index is 0.0876. The van der Waals surface area contributed by atoms with Gasteiger partial charge in [-0.25, -0.2) is 8.42 Å². The SMILES string of the molecule is CCCCN(CCO)S(=O)(=O)C1CC1. The third kappa shape index (κ3) is 2.93. The fourth-order valence-corrected chi connectivity index (χ4v) is 3.26. The Kier molecular flexibility index (Phi) is 4.34. The molecule has 1 aliphatic rings. The van der Waals surface area contributed by atoms with Crippen LogP contribution in [0, 0.1) is 0 Å². The molecule has 1 rings (SSSR count). The molecule has 0 radical (unpaired) electrons. The van der Waals surface area contributed by atoms with Gasteiger partial charge in [0.2, 0.25) is 10.0 Å². The number of rotatable bonds is 7. The molecule has 1 aliphatic carbocycles. The molecule has 0 aliphatic heterocycles. The third-order valence-electron chi connectivity index (χ3n) is 2.42. The van der Waals surface area contributed by atoms with E-state index in [-0.39, 0.29) is 18.4 Å². The van der Waals surface area contributed by atoms with E-state index in [2.05, 4.69) is 0 Å². The molecule has 0 aromatic carbocycles. The molecular formula is C9H19NO3S. The standard InChI is InChI=1S/C9H19NO3S/c1-2-3-6-10(7-8-11)14(12,13)9-4-5-9/h9,11H,2-8H2,1H3.